The number of rotatable bonds is 4. The van der Waals surface area contributed by atoms with Gasteiger partial charge in [-0.15, -0.1) is 0 Å². The average Bonchev–Trinajstić information content (AvgIpc) is 2.33. The van der Waals surface area contributed by atoms with E-state index in [0.29, 0.717) is 12.1 Å². The van der Waals surface area contributed by atoms with Gasteiger partial charge in [-0.2, -0.15) is 0 Å². The molecule has 0 saturated heterocycles. The molecular weight excluding hydrogens is 200 g/mol. The van der Waals surface area contributed by atoms with Crippen LogP contribution in [-0.2, 0) is 0 Å². The third-order valence-corrected chi connectivity index (χ3v) is 3.10. The quantitative estimate of drug-likeness (QED) is 0.846. The van der Waals surface area contributed by atoms with Crippen molar-refractivity contribution in [3.63, 3.8) is 0 Å². The first-order valence-corrected chi connectivity index (χ1v) is 6.18. The fourth-order valence-electron chi connectivity index (χ4n) is 2.28. The van der Waals surface area contributed by atoms with Gasteiger partial charge in [0, 0.05) is 12.2 Å². The predicted molar refractivity (Wildman–Crippen MR) is 64.6 cm³/mol. The van der Waals surface area contributed by atoms with Gasteiger partial charge in [0.25, 0.3) is 0 Å². The summed E-state index contributed by atoms with van der Waals surface area (Å²) in [7, 11) is 0. The summed E-state index contributed by atoms with van der Waals surface area (Å²) in [6, 6.07) is 4.59. The lowest BCUT2D eigenvalue weighted by Gasteiger charge is -2.29. The van der Waals surface area contributed by atoms with Crippen LogP contribution in [0.5, 0.6) is 5.75 Å². The Morgan fingerprint density at radius 1 is 1.38 bits per heavy atom. The van der Waals surface area contributed by atoms with Crippen LogP contribution in [0.2, 0.25) is 0 Å². The Bertz CT molecular complexity index is 294. The number of hydrogen-bond acceptors (Lipinski definition) is 3. The van der Waals surface area contributed by atoms with Gasteiger partial charge in [-0.25, -0.2) is 0 Å². The summed E-state index contributed by atoms with van der Waals surface area (Å²) in [6.07, 6.45) is 8.67. The Labute approximate surface area is 97.2 Å². The Morgan fingerprint density at radius 3 is 2.81 bits per heavy atom. The summed E-state index contributed by atoms with van der Waals surface area (Å²) in [5, 5.41) is 3.50. The van der Waals surface area contributed by atoms with Crippen molar-refractivity contribution in [2.24, 2.45) is 0 Å². The van der Waals surface area contributed by atoms with Crippen LogP contribution >= 0.6 is 0 Å². The molecule has 0 radical (unpaired) electrons. The minimum Gasteiger partial charge on any atom is -0.489 e. The van der Waals surface area contributed by atoms with E-state index in [2.05, 4.69) is 17.2 Å². The number of ether oxygens (including phenoxy) is 1. The fraction of sp³-hybridized carbons (Fsp3) is 0.615. The van der Waals surface area contributed by atoms with Crippen molar-refractivity contribution in [2.45, 2.75) is 44.8 Å². The van der Waals surface area contributed by atoms with E-state index in [9.17, 15) is 0 Å². The normalized spacial score (nSPS) is 25.3. The van der Waals surface area contributed by atoms with Crippen molar-refractivity contribution in [1.82, 2.24) is 10.3 Å². The van der Waals surface area contributed by atoms with Crippen molar-refractivity contribution in [3.8, 4) is 5.75 Å². The van der Waals surface area contributed by atoms with Gasteiger partial charge in [-0.05, 0) is 44.4 Å². The molecule has 1 aromatic rings. The molecule has 0 atom stereocenters. The molecule has 0 unspecified atom stereocenters. The maximum atomic E-state index is 5.89. The van der Waals surface area contributed by atoms with Crippen molar-refractivity contribution in [1.29, 1.82) is 0 Å². The number of hydrogen-bond donors (Lipinski definition) is 1. The van der Waals surface area contributed by atoms with E-state index in [4.69, 9.17) is 4.74 Å². The largest absolute Gasteiger partial charge is 0.489 e. The molecule has 1 aliphatic carbocycles. The van der Waals surface area contributed by atoms with Crippen LogP contribution in [0.15, 0.2) is 24.5 Å². The second-order valence-corrected chi connectivity index (χ2v) is 4.34. The number of pyridine rings is 1. The molecule has 0 aromatic carbocycles. The minimum atomic E-state index is 0.374. The first kappa shape index (κ1) is 11.4. The van der Waals surface area contributed by atoms with Crippen molar-refractivity contribution >= 4 is 0 Å². The Balaban J connectivity index is 1.77. The smallest absolute Gasteiger partial charge is 0.137 e. The highest BCUT2D eigenvalue weighted by molar-refractivity contribution is 5.15. The summed E-state index contributed by atoms with van der Waals surface area (Å²) < 4.78 is 5.89. The van der Waals surface area contributed by atoms with Crippen LogP contribution in [0.1, 0.15) is 32.6 Å². The van der Waals surface area contributed by atoms with Gasteiger partial charge in [0.15, 0.2) is 0 Å². The summed E-state index contributed by atoms with van der Waals surface area (Å²) in [5.41, 5.74) is 0. The highest BCUT2D eigenvalue weighted by atomic mass is 16.5. The third-order valence-electron chi connectivity index (χ3n) is 3.10. The average molecular weight is 220 g/mol. The van der Waals surface area contributed by atoms with Gasteiger partial charge >= 0.3 is 0 Å². The molecular formula is C13H20N2O. The maximum absolute atomic E-state index is 5.89. The van der Waals surface area contributed by atoms with Gasteiger partial charge in [0.05, 0.1) is 12.3 Å². The van der Waals surface area contributed by atoms with Crippen LogP contribution in [0, 0.1) is 0 Å². The molecule has 1 N–H and O–H groups in total. The van der Waals surface area contributed by atoms with E-state index in [-0.39, 0.29) is 0 Å². The SMILES string of the molecule is CCNC1CCC(Oc2cccnc2)CC1. The van der Waals surface area contributed by atoms with E-state index in [1.807, 2.05) is 12.1 Å². The molecule has 2 rings (SSSR count). The van der Waals surface area contributed by atoms with Gasteiger partial charge in [-0.1, -0.05) is 6.92 Å². The molecule has 1 aromatic heterocycles. The van der Waals surface area contributed by atoms with E-state index >= 15 is 0 Å². The molecule has 0 bridgehead atoms. The first-order valence-electron chi connectivity index (χ1n) is 6.18. The molecule has 1 fully saturated rings. The monoisotopic (exact) mass is 220 g/mol. The van der Waals surface area contributed by atoms with Crippen molar-refractivity contribution in [2.75, 3.05) is 6.54 Å². The summed E-state index contributed by atoms with van der Waals surface area (Å²) >= 11 is 0. The lowest BCUT2D eigenvalue weighted by atomic mass is 9.93. The predicted octanol–water partition coefficient (Wildman–Crippen LogP) is 2.38. The Kier molecular flexibility index (Phi) is 4.17. The molecule has 88 valence electrons. The zero-order chi connectivity index (χ0) is 11.2. The Morgan fingerprint density at radius 2 is 2.19 bits per heavy atom. The second kappa shape index (κ2) is 5.85. The van der Waals surface area contributed by atoms with E-state index in [0.717, 1.165) is 25.1 Å². The highest BCUT2D eigenvalue weighted by Crippen LogP contribution is 2.23. The lowest BCUT2D eigenvalue weighted by molar-refractivity contribution is 0.139. The second-order valence-electron chi connectivity index (χ2n) is 4.34. The van der Waals surface area contributed by atoms with Gasteiger partial charge in [0.2, 0.25) is 0 Å². The zero-order valence-corrected chi connectivity index (χ0v) is 9.86. The Hall–Kier alpha value is -1.09. The molecule has 16 heavy (non-hydrogen) atoms. The van der Waals surface area contributed by atoms with Crippen LogP contribution in [0.4, 0.5) is 0 Å². The molecule has 0 aliphatic heterocycles. The summed E-state index contributed by atoms with van der Waals surface area (Å²) in [5.74, 6) is 0.898. The number of nitrogens with zero attached hydrogens (tertiary/aromatic N) is 1. The van der Waals surface area contributed by atoms with Crippen LogP contribution in [-0.4, -0.2) is 23.7 Å². The molecule has 0 amide bonds. The van der Waals surface area contributed by atoms with E-state index in [1.54, 1.807) is 12.4 Å². The standard InChI is InChI=1S/C13H20N2O/c1-2-15-11-5-7-12(8-6-11)16-13-4-3-9-14-10-13/h3-4,9-12,15H,2,5-8H2,1H3. The molecule has 1 aliphatic rings. The van der Waals surface area contributed by atoms with Crippen LogP contribution in [0.25, 0.3) is 0 Å². The van der Waals surface area contributed by atoms with Gasteiger partial charge < -0.3 is 10.1 Å². The van der Waals surface area contributed by atoms with Crippen molar-refractivity contribution < 1.29 is 4.74 Å². The number of nitrogens with one attached hydrogen (secondary N) is 1. The summed E-state index contributed by atoms with van der Waals surface area (Å²) in [4.78, 5) is 4.06. The maximum Gasteiger partial charge on any atom is 0.137 e. The third kappa shape index (κ3) is 3.20. The van der Waals surface area contributed by atoms with Crippen LogP contribution in [0.3, 0.4) is 0 Å². The topological polar surface area (TPSA) is 34.1 Å². The minimum absolute atomic E-state index is 0.374. The molecule has 0 spiro atoms. The van der Waals surface area contributed by atoms with Crippen molar-refractivity contribution in [3.05, 3.63) is 24.5 Å². The van der Waals surface area contributed by atoms with Gasteiger partial charge in [0.1, 0.15) is 5.75 Å². The molecule has 3 nitrogen and oxygen atoms in total. The highest BCUT2D eigenvalue weighted by Gasteiger charge is 2.21. The van der Waals surface area contributed by atoms with Gasteiger partial charge in [-0.3, -0.25) is 4.98 Å². The molecule has 1 heterocycles. The first-order chi connectivity index (χ1) is 7.88. The fourth-order valence-corrected chi connectivity index (χ4v) is 2.28. The zero-order valence-electron chi connectivity index (χ0n) is 9.86. The lowest BCUT2D eigenvalue weighted by Crippen LogP contribution is -2.36. The van der Waals surface area contributed by atoms with E-state index < -0.39 is 0 Å². The number of aromatic nitrogens is 1. The molecule has 1 saturated carbocycles. The summed E-state index contributed by atoms with van der Waals surface area (Å²) in [6.45, 7) is 3.23. The van der Waals surface area contributed by atoms with Crippen LogP contribution < -0.4 is 10.1 Å². The molecule has 3 heteroatoms. The van der Waals surface area contributed by atoms with E-state index in [1.165, 1.54) is 12.8 Å².